The summed E-state index contributed by atoms with van der Waals surface area (Å²) in [5, 5.41) is 3.83. The molecule has 7 nitrogen and oxygen atoms in total. The van der Waals surface area contributed by atoms with Crippen molar-refractivity contribution < 1.29 is 23.8 Å². The van der Waals surface area contributed by atoms with Crippen molar-refractivity contribution in [3.63, 3.8) is 0 Å². The lowest BCUT2D eigenvalue weighted by Crippen LogP contribution is -2.31. The summed E-state index contributed by atoms with van der Waals surface area (Å²) in [5.41, 5.74) is 0. The molecule has 0 atom stereocenters. The molecule has 0 bridgehead atoms. The van der Waals surface area contributed by atoms with E-state index >= 15 is 0 Å². The van der Waals surface area contributed by atoms with Crippen molar-refractivity contribution in [2.45, 2.75) is 246 Å². The van der Waals surface area contributed by atoms with E-state index in [2.05, 4.69) is 52.0 Å². The van der Waals surface area contributed by atoms with E-state index in [1.165, 1.54) is 103 Å². The molecule has 0 aliphatic carbocycles. The van der Waals surface area contributed by atoms with Gasteiger partial charge in [-0.1, -0.05) is 169 Å². The fourth-order valence-corrected chi connectivity index (χ4v) is 8.04. The number of unbranched alkanes of at least 4 members (excludes halogenated alkanes) is 16. The molecule has 0 fully saturated rings. The summed E-state index contributed by atoms with van der Waals surface area (Å²) in [4.78, 5) is 27.0. The van der Waals surface area contributed by atoms with E-state index in [-0.39, 0.29) is 18.0 Å². The van der Waals surface area contributed by atoms with Crippen molar-refractivity contribution in [3.8, 4) is 0 Å². The van der Waals surface area contributed by atoms with Gasteiger partial charge in [0.2, 0.25) is 0 Å². The summed E-state index contributed by atoms with van der Waals surface area (Å²) in [6.07, 6.45) is 37.6. The van der Waals surface area contributed by atoms with Crippen LogP contribution in [-0.4, -0.2) is 68.5 Å². The molecule has 0 aliphatic heterocycles. The van der Waals surface area contributed by atoms with E-state index in [9.17, 15) is 9.59 Å². The molecule has 0 saturated heterocycles. The van der Waals surface area contributed by atoms with Crippen molar-refractivity contribution in [2.75, 3.05) is 40.4 Å². The quantitative estimate of drug-likeness (QED) is 0.0370. The molecule has 0 radical (unpaired) electrons. The predicted octanol–water partition coefficient (Wildman–Crippen LogP) is 14.1. The number of nitrogens with zero attached hydrogens (tertiary/aromatic N) is 1. The van der Waals surface area contributed by atoms with Gasteiger partial charge in [-0.3, -0.25) is 9.59 Å². The maximum absolute atomic E-state index is 12.4. The van der Waals surface area contributed by atoms with Gasteiger partial charge in [0, 0.05) is 19.4 Å². The first-order valence-corrected chi connectivity index (χ1v) is 25.1. The second-order valence-electron chi connectivity index (χ2n) is 17.5. The molecule has 1 N–H and O–H groups in total. The third kappa shape index (κ3) is 39.8. The zero-order chi connectivity index (χ0) is 42.0. The molecular weight excluding hydrogens is 729 g/mol. The predicted molar refractivity (Wildman–Crippen MR) is 248 cm³/mol. The normalized spacial score (nSPS) is 11.6. The van der Waals surface area contributed by atoms with Crippen LogP contribution in [0.5, 0.6) is 0 Å². The Morgan fingerprint density at radius 2 is 0.860 bits per heavy atom. The molecular formula is C49H96N2O5S. The first-order valence-electron chi connectivity index (χ1n) is 24.7. The SMILES string of the molecule is CCCCCC(CCCCC)CCOC(=O)CCCCCCCC(CCCCCCCC(=O)OCCC(CCCCC)CCCCC)OC(=S)NCCCN(C)C. The van der Waals surface area contributed by atoms with Crippen LogP contribution in [0.3, 0.4) is 0 Å². The summed E-state index contributed by atoms with van der Waals surface area (Å²) in [6.45, 7) is 12.1. The molecule has 0 aromatic rings. The van der Waals surface area contributed by atoms with Gasteiger partial charge in [0.15, 0.2) is 0 Å². The van der Waals surface area contributed by atoms with Gasteiger partial charge in [0.25, 0.3) is 5.17 Å². The Labute approximate surface area is 360 Å². The lowest BCUT2D eigenvalue weighted by molar-refractivity contribution is -0.145. The van der Waals surface area contributed by atoms with Crippen LogP contribution >= 0.6 is 12.2 Å². The molecule has 0 aromatic heterocycles. The third-order valence-corrected chi connectivity index (χ3v) is 11.8. The molecule has 57 heavy (non-hydrogen) atoms. The standard InChI is InChI=1S/C49H96N2O5S/c1-7-11-21-30-44(31-22-12-8-2)38-42-54-47(52)36-27-19-15-17-25-34-46(56-49(57)50-40-29-41-51(5)6)35-26-18-16-20-28-37-48(53)55-43-39-45(32-23-13-9-3)33-24-14-10-4/h44-46H,7-43H2,1-6H3,(H,50,57). The van der Waals surface area contributed by atoms with Crippen LogP contribution in [0.2, 0.25) is 0 Å². The van der Waals surface area contributed by atoms with Crippen LogP contribution in [0.4, 0.5) is 0 Å². The van der Waals surface area contributed by atoms with E-state index < -0.39 is 0 Å². The number of thiocarbonyl (C=S) groups is 1. The van der Waals surface area contributed by atoms with Crippen LogP contribution in [0.25, 0.3) is 0 Å². The number of ether oxygens (including phenoxy) is 3. The zero-order valence-corrected chi connectivity index (χ0v) is 39.6. The third-order valence-electron chi connectivity index (χ3n) is 11.6. The van der Waals surface area contributed by atoms with E-state index in [4.69, 9.17) is 26.4 Å². The molecule has 0 saturated carbocycles. The second kappa shape index (κ2) is 42.7. The molecule has 0 amide bonds. The fraction of sp³-hybridized carbons (Fsp3) is 0.939. The second-order valence-corrected chi connectivity index (χ2v) is 17.8. The Kier molecular flexibility index (Phi) is 41.6. The van der Waals surface area contributed by atoms with Gasteiger partial charge in [0.1, 0.15) is 6.10 Å². The minimum Gasteiger partial charge on any atom is -0.468 e. The van der Waals surface area contributed by atoms with Gasteiger partial charge >= 0.3 is 11.9 Å². The summed E-state index contributed by atoms with van der Waals surface area (Å²) < 4.78 is 17.6. The highest BCUT2D eigenvalue weighted by molar-refractivity contribution is 7.80. The molecule has 0 aromatic carbocycles. The van der Waals surface area contributed by atoms with E-state index in [0.717, 1.165) is 109 Å². The minimum atomic E-state index is -0.0226. The van der Waals surface area contributed by atoms with Gasteiger partial charge in [-0.25, -0.2) is 0 Å². The van der Waals surface area contributed by atoms with Crippen molar-refractivity contribution in [1.29, 1.82) is 0 Å². The van der Waals surface area contributed by atoms with Crippen LogP contribution in [0.15, 0.2) is 0 Å². The Bertz CT molecular complexity index is 827. The Morgan fingerprint density at radius 3 is 1.25 bits per heavy atom. The van der Waals surface area contributed by atoms with Crippen molar-refractivity contribution in [3.05, 3.63) is 0 Å². The summed E-state index contributed by atoms with van der Waals surface area (Å²) >= 11 is 5.58. The van der Waals surface area contributed by atoms with Crippen LogP contribution in [0, 0.1) is 11.8 Å². The van der Waals surface area contributed by atoms with Crippen molar-refractivity contribution >= 4 is 29.3 Å². The van der Waals surface area contributed by atoms with Crippen molar-refractivity contribution in [1.82, 2.24) is 10.2 Å². The highest BCUT2D eigenvalue weighted by atomic mass is 32.1. The van der Waals surface area contributed by atoms with Crippen LogP contribution in [-0.2, 0) is 23.8 Å². The number of carbonyl (C=O) groups excluding carboxylic acids is 2. The van der Waals surface area contributed by atoms with Gasteiger partial charge in [-0.05, 0) is 102 Å². The monoisotopic (exact) mass is 825 g/mol. The molecule has 338 valence electrons. The Hall–Kier alpha value is -1.41. The molecule has 0 heterocycles. The molecule has 0 spiro atoms. The number of hydrogen-bond donors (Lipinski definition) is 1. The highest BCUT2D eigenvalue weighted by Crippen LogP contribution is 2.23. The van der Waals surface area contributed by atoms with Crippen LogP contribution < -0.4 is 5.32 Å². The van der Waals surface area contributed by atoms with Crippen molar-refractivity contribution in [2.24, 2.45) is 11.8 Å². The smallest absolute Gasteiger partial charge is 0.305 e. The number of carbonyl (C=O) groups is 2. The summed E-state index contributed by atoms with van der Waals surface area (Å²) in [7, 11) is 4.18. The van der Waals surface area contributed by atoms with Gasteiger partial charge in [-0.2, -0.15) is 0 Å². The van der Waals surface area contributed by atoms with Crippen LogP contribution in [0.1, 0.15) is 240 Å². The zero-order valence-electron chi connectivity index (χ0n) is 38.8. The largest absolute Gasteiger partial charge is 0.468 e. The fourth-order valence-electron chi connectivity index (χ4n) is 7.81. The van der Waals surface area contributed by atoms with Gasteiger partial charge in [-0.15, -0.1) is 0 Å². The van der Waals surface area contributed by atoms with E-state index in [0.29, 0.717) is 43.1 Å². The number of hydrogen-bond acceptors (Lipinski definition) is 7. The summed E-state index contributed by atoms with van der Waals surface area (Å²) in [6, 6.07) is 0. The van der Waals surface area contributed by atoms with E-state index in [1.54, 1.807) is 0 Å². The average molecular weight is 825 g/mol. The first-order chi connectivity index (χ1) is 27.7. The average Bonchev–Trinajstić information content (AvgIpc) is 3.18. The molecule has 0 aliphatic rings. The lowest BCUT2D eigenvalue weighted by atomic mass is 9.92. The summed E-state index contributed by atoms with van der Waals surface area (Å²) in [5.74, 6) is 1.36. The maximum Gasteiger partial charge on any atom is 0.305 e. The molecule has 0 unspecified atom stereocenters. The van der Waals surface area contributed by atoms with E-state index in [1.807, 2.05) is 0 Å². The Balaban J connectivity index is 4.39. The number of esters is 2. The van der Waals surface area contributed by atoms with Gasteiger partial charge in [0.05, 0.1) is 13.2 Å². The first kappa shape index (κ1) is 55.6. The highest BCUT2D eigenvalue weighted by Gasteiger charge is 2.14. The molecule has 8 heteroatoms. The lowest BCUT2D eigenvalue weighted by Gasteiger charge is -2.20. The Morgan fingerprint density at radius 1 is 0.491 bits per heavy atom. The molecule has 0 rings (SSSR count). The minimum absolute atomic E-state index is 0.0226. The van der Waals surface area contributed by atoms with Gasteiger partial charge < -0.3 is 24.4 Å². The topological polar surface area (TPSA) is 77.1 Å². The maximum atomic E-state index is 12.4. The number of rotatable bonds is 43. The number of nitrogens with one attached hydrogen (secondary N) is 1.